The second-order valence-electron chi connectivity index (χ2n) is 10.0. The smallest absolute Gasteiger partial charge is 0.224 e. The number of imidazole rings is 1. The molecule has 2 heterocycles. The van der Waals surface area contributed by atoms with Gasteiger partial charge in [0.1, 0.15) is 22.8 Å². The predicted octanol–water partition coefficient (Wildman–Crippen LogP) is 4.03. The largest absolute Gasteiger partial charge is 0.393 e. The fourth-order valence-corrected chi connectivity index (χ4v) is 5.35. The Hall–Kier alpha value is -3.34. The molecule has 2 aliphatic rings. The molecule has 5 N–H and O–H groups in total. The monoisotopic (exact) mass is 499 g/mol. The highest BCUT2D eigenvalue weighted by Crippen LogP contribution is 2.37. The number of rotatable bonds is 6. The molecule has 2 fully saturated rings. The van der Waals surface area contributed by atoms with E-state index in [0.29, 0.717) is 49.2 Å². The van der Waals surface area contributed by atoms with Gasteiger partial charge in [0.25, 0.3) is 0 Å². The summed E-state index contributed by atoms with van der Waals surface area (Å²) >= 11 is 0. The Bertz CT molecular complexity index is 1240. The number of carbonyl (C=O) groups excluding carboxylic acids is 1. The van der Waals surface area contributed by atoms with Gasteiger partial charge in [-0.05, 0) is 63.0 Å². The Morgan fingerprint density at radius 1 is 1.11 bits per heavy atom. The molecule has 3 atom stereocenters. The third-order valence-corrected chi connectivity index (χ3v) is 7.58. The van der Waals surface area contributed by atoms with Crippen LogP contribution in [0.15, 0.2) is 24.4 Å². The van der Waals surface area contributed by atoms with Gasteiger partial charge < -0.3 is 21.5 Å². The van der Waals surface area contributed by atoms with Gasteiger partial charge in [-0.25, -0.2) is 18.7 Å². The van der Waals surface area contributed by atoms with Crippen LogP contribution in [0.1, 0.15) is 57.9 Å². The molecule has 11 heteroatoms. The topological polar surface area (TPSA) is 131 Å². The molecule has 0 saturated heterocycles. The minimum atomic E-state index is -0.732. The lowest BCUT2D eigenvalue weighted by atomic mass is 9.85. The average Bonchev–Trinajstić information content (AvgIpc) is 3.21. The first-order chi connectivity index (χ1) is 17.3. The fraction of sp³-hybridized carbons (Fsp3) is 0.520. The normalized spacial score (nSPS) is 26.6. The summed E-state index contributed by atoms with van der Waals surface area (Å²) in [6.45, 7) is 2.04. The summed E-state index contributed by atoms with van der Waals surface area (Å²) in [4.78, 5) is 25.4. The predicted molar refractivity (Wildman–Crippen MR) is 132 cm³/mol. The minimum Gasteiger partial charge on any atom is -0.393 e. The van der Waals surface area contributed by atoms with Crippen molar-refractivity contribution in [2.45, 2.75) is 70.1 Å². The number of amides is 1. The Morgan fingerprint density at radius 2 is 1.83 bits per heavy atom. The highest BCUT2D eigenvalue weighted by Gasteiger charge is 2.30. The molecule has 2 saturated carbocycles. The van der Waals surface area contributed by atoms with Gasteiger partial charge in [-0.1, -0.05) is 13.0 Å². The van der Waals surface area contributed by atoms with E-state index in [2.05, 4.69) is 20.6 Å². The number of nitrogens with two attached hydrogens (primary N) is 1. The van der Waals surface area contributed by atoms with Crippen molar-refractivity contribution in [2.24, 2.45) is 17.6 Å². The van der Waals surface area contributed by atoms with E-state index < -0.39 is 11.6 Å². The van der Waals surface area contributed by atoms with Crippen molar-refractivity contribution in [1.29, 1.82) is 0 Å². The number of fused-ring (bicyclic) bond motifs is 1. The van der Waals surface area contributed by atoms with Crippen molar-refractivity contribution < 1.29 is 18.7 Å². The lowest BCUT2D eigenvalue weighted by molar-refractivity contribution is -0.122. The highest BCUT2D eigenvalue weighted by atomic mass is 19.1. The average molecular weight is 500 g/mol. The number of halogens is 2. The third-order valence-electron chi connectivity index (χ3n) is 7.58. The molecule has 5 rings (SSSR count). The van der Waals surface area contributed by atoms with Gasteiger partial charge in [-0.2, -0.15) is 4.98 Å². The van der Waals surface area contributed by atoms with Crippen LogP contribution in [0.3, 0.4) is 0 Å². The lowest BCUT2D eigenvalue weighted by Crippen LogP contribution is -2.35. The molecule has 192 valence electrons. The van der Waals surface area contributed by atoms with Crippen molar-refractivity contribution in [3.05, 3.63) is 36.0 Å². The number of benzene rings is 1. The Balaban J connectivity index is 1.49. The first kappa shape index (κ1) is 24.4. The maximum atomic E-state index is 14.4. The van der Waals surface area contributed by atoms with E-state index >= 15 is 0 Å². The molecule has 0 radical (unpaired) electrons. The maximum absolute atomic E-state index is 14.4. The van der Waals surface area contributed by atoms with Crippen molar-refractivity contribution in [3.8, 4) is 0 Å². The van der Waals surface area contributed by atoms with E-state index in [1.165, 1.54) is 18.2 Å². The second-order valence-corrected chi connectivity index (χ2v) is 10.0. The van der Waals surface area contributed by atoms with Gasteiger partial charge in [0, 0.05) is 18.0 Å². The minimum absolute atomic E-state index is 0.0427. The van der Waals surface area contributed by atoms with Gasteiger partial charge in [0.2, 0.25) is 17.8 Å². The van der Waals surface area contributed by atoms with E-state index in [0.717, 1.165) is 12.8 Å². The van der Waals surface area contributed by atoms with Crippen LogP contribution in [0, 0.1) is 23.5 Å². The van der Waals surface area contributed by atoms with Gasteiger partial charge in [-0.15, -0.1) is 0 Å². The molecule has 0 bridgehead atoms. The molecular formula is C25H31F2N7O2. The molecule has 2 aliphatic carbocycles. The summed E-state index contributed by atoms with van der Waals surface area (Å²) in [5.74, 6) is -1.04. The fourth-order valence-electron chi connectivity index (χ4n) is 5.35. The molecule has 36 heavy (non-hydrogen) atoms. The Morgan fingerprint density at radius 3 is 2.50 bits per heavy atom. The van der Waals surface area contributed by atoms with Crippen molar-refractivity contribution in [1.82, 2.24) is 19.5 Å². The van der Waals surface area contributed by atoms with Gasteiger partial charge in [0.05, 0.1) is 12.3 Å². The number of nitrogens with one attached hydrogen (secondary N) is 2. The van der Waals surface area contributed by atoms with Crippen LogP contribution in [0.4, 0.5) is 26.4 Å². The molecule has 0 aliphatic heterocycles. The number of hydrogen-bond donors (Lipinski definition) is 4. The van der Waals surface area contributed by atoms with Crippen LogP contribution in [0.2, 0.25) is 0 Å². The second kappa shape index (κ2) is 9.96. The molecule has 0 unspecified atom stereocenters. The van der Waals surface area contributed by atoms with Crippen LogP contribution < -0.4 is 16.4 Å². The van der Waals surface area contributed by atoms with Gasteiger partial charge in [0.15, 0.2) is 5.65 Å². The van der Waals surface area contributed by atoms with E-state index in [4.69, 9.17) is 10.7 Å². The SMILES string of the molecule is C[C@@H]1CC[C@@H](Nc2ncc3nc(Nc4c(F)cccc4F)n([C@H]4CC[C@H](C(N)=O)CC4)c3n2)C[C@H]1O. The Labute approximate surface area is 207 Å². The van der Waals surface area contributed by atoms with Crippen LogP contribution in [-0.2, 0) is 4.79 Å². The number of hydrogen-bond acceptors (Lipinski definition) is 7. The van der Waals surface area contributed by atoms with Crippen molar-refractivity contribution in [3.63, 3.8) is 0 Å². The Kier molecular flexibility index (Phi) is 6.74. The third kappa shape index (κ3) is 4.84. The first-order valence-corrected chi connectivity index (χ1v) is 12.5. The van der Waals surface area contributed by atoms with E-state index in [-0.39, 0.29) is 47.6 Å². The number of carbonyl (C=O) groups is 1. The molecule has 2 aromatic heterocycles. The number of anilines is 3. The standard InChI is InChI=1S/C25H31F2N7O2/c1-13-5-8-15(11-20(13)35)30-24-29-12-19-23(33-24)34(16-9-6-14(7-10-16)22(28)36)25(31-19)32-21-17(26)3-2-4-18(21)27/h2-4,12-16,20,35H,5-11H2,1H3,(H2,28,36)(H,31,32)(H,29,30,33)/t13-,14-,15-,16-,20-/m1/s1. The highest BCUT2D eigenvalue weighted by molar-refractivity contribution is 5.78. The number of aliphatic hydroxyl groups is 1. The zero-order valence-corrected chi connectivity index (χ0v) is 20.1. The van der Waals surface area contributed by atoms with Crippen molar-refractivity contribution >= 4 is 34.7 Å². The van der Waals surface area contributed by atoms with E-state index in [9.17, 15) is 18.7 Å². The quantitative estimate of drug-likeness (QED) is 0.403. The number of aromatic nitrogens is 4. The molecule has 0 spiro atoms. The number of aliphatic hydroxyl groups excluding tert-OH is 1. The number of para-hydroxylation sites is 1. The van der Waals surface area contributed by atoms with E-state index in [1.807, 2.05) is 11.5 Å². The first-order valence-electron chi connectivity index (χ1n) is 12.5. The van der Waals surface area contributed by atoms with Gasteiger partial charge >= 0.3 is 0 Å². The number of primary amides is 1. The van der Waals surface area contributed by atoms with Gasteiger partial charge in [-0.3, -0.25) is 9.36 Å². The van der Waals surface area contributed by atoms with Crippen LogP contribution >= 0.6 is 0 Å². The lowest BCUT2D eigenvalue weighted by Gasteiger charge is -2.31. The summed E-state index contributed by atoms with van der Waals surface area (Å²) < 4.78 is 30.7. The zero-order chi connectivity index (χ0) is 25.4. The van der Waals surface area contributed by atoms with E-state index in [1.54, 1.807) is 6.20 Å². The van der Waals surface area contributed by atoms with Crippen molar-refractivity contribution in [2.75, 3.05) is 10.6 Å². The molecule has 1 aromatic carbocycles. The molecule has 3 aromatic rings. The number of nitrogens with zero attached hydrogens (tertiary/aromatic N) is 4. The summed E-state index contributed by atoms with van der Waals surface area (Å²) in [7, 11) is 0. The molecule has 9 nitrogen and oxygen atoms in total. The summed E-state index contributed by atoms with van der Waals surface area (Å²) in [5, 5.41) is 16.4. The summed E-state index contributed by atoms with van der Waals surface area (Å²) in [5.41, 5.74) is 6.23. The van der Waals surface area contributed by atoms with Crippen LogP contribution in [-0.4, -0.2) is 42.7 Å². The maximum Gasteiger partial charge on any atom is 0.224 e. The van der Waals surface area contributed by atoms with Crippen LogP contribution in [0.25, 0.3) is 11.2 Å². The zero-order valence-electron chi connectivity index (χ0n) is 20.1. The molecular weight excluding hydrogens is 468 g/mol. The molecule has 1 amide bonds. The van der Waals surface area contributed by atoms with Crippen LogP contribution in [0.5, 0.6) is 0 Å². The summed E-state index contributed by atoms with van der Waals surface area (Å²) in [6.07, 6.45) is 6.14. The summed E-state index contributed by atoms with van der Waals surface area (Å²) in [6, 6.07) is 3.61.